The van der Waals surface area contributed by atoms with E-state index in [9.17, 15) is 9.59 Å². The first kappa shape index (κ1) is 20.4. The summed E-state index contributed by atoms with van der Waals surface area (Å²) in [4.78, 5) is 25.1. The van der Waals surface area contributed by atoms with Gasteiger partial charge in [-0.1, -0.05) is 32.0 Å². The summed E-state index contributed by atoms with van der Waals surface area (Å²) < 4.78 is 12.1. The predicted molar refractivity (Wildman–Crippen MR) is 111 cm³/mol. The molecule has 1 N–H and O–H groups in total. The smallest absolute Gasteiger partial charge is 0.275 e. The summed E-state index contributed by atoms with van der Waals surface area (Å²) >= 11 is 0. The van der Waals surface area contributed by atoms with Crippen molar-refractivity contribution in [2.45, 2.75) is 26.4 Å². The zero-order valence-corrected chi connectivity index (χ0v) is 16.8. The Bertz CT molecular complexity index is 1030. The fraction of sp³-hybridized carbons (Fsp3) is 0.318. The van der Waals surface area contributed by atoms with Gasteiger partial charge in [0.05, 0.1) is 24.7 Å². The van der Waals surface area contributed by atoms with E-state index < -0.39 is 0 Å². The van der Waals surface area contributed by atoms with E-state index in [-0.39, 0.29) is 30.0 Å². The van der Waals surface area contributed by atoms with E-state index in [4.69, 9.17) is 9.47 Å². The number of carbonyl (C=O) groups excluding carboxylic acids is 1. The molecule has 2 aromatic carbocycles. The molecule has 0 fully saturated rings. The van der Waals surface area contributed by atoms with E-state index in [1.807, 2.05) is 50.2 Å². The molecule has 1 amide bonds. The molecule has 0 bridgehead atoms. The third-order valence-corrected chi connectivity index (χ3v) is 4.70. The highest BCUT2D eigenvalue weighted by molar-refractivity contribution is 5.81. The lowest BCUT2D eigenvalue weighted by atomic mass is 10.1. The predicted octanol–water partition coefficient (Wildman–Crippen LogP) is 2.62. The van der Waals surface area contributed by atoms with E-state index in [1.165, 1.54) is 4.68 Å². The van der Waals surface area contributed by atoms with Crippen molar-refractivity contribution in [2.75, 3.05) is 13.7 Å². The molecular weight excluding hydrogens is 370 g/mol. The molecule has 0 saturated heterocycles. The second-order valence-electron chi connectivity index (χ2n) is 7.10. The van der Waals surface area contributed by atoms with Crippen molar-refractivity contribution >= 4 is 16.7 Å². The first-order valence-corrected chi connectivity index (χ1v) is 9.49. The largest absolute Gasteiger partial charge is 0.497 e. The Morgan fingerprint density at radius 3 is 2.48 bits per heavy atom. The third kappa shape index (κ3) is 5.13. The molecule has 3 aromatic rings. The summed E-state index contributed by atoms with van der Waals surface area (Å²) in [5.74, 6) is 1.31. The molecule has 0 aliphatic heterocycles. The lowest BCUT2D eigenvalue weighted by molar-refractivity contribution is -0.123. The second-order valence-corrected chi connectivity index (χ2v) is 7.10. The number of hydrogen-bond donors (Lipinski definition) is 1. The first-order valence-electron chi connectivity index (χ1n) is 9.49. The first-order chi connectivity index (χ1) is 14.0. The SMILES string of the molecule is COc1ccc(OC[C@@H](NC(=O)Cn2ncc3ccccc3c2=O)C(C)C)cc1. The molecule has 7 nitrogen and oxygen atoms in total. The van der Waals surface area contributed by atoms with Gasteiger partial charge in [0.15, 0.2) is 0 Å². The molecule has 0 saturated carbocycles. The maximum Gasteiger partial charge on any atom is 0.275 e. The fourth-order valence-corrected chi connectivity index (χ4v) is 2.89. The van der Waals surface area contributed by atoms with Crippen LogP contribution in [-0.4, -0.2) is 35.4 Å². The van der Waals surface area contributed by atoms with Crippen molar-refractivity contribution in [1.29, 1.82) is 0 Å². The van der Waals surface area contributed by atoms with Crippen molar-refractivity contribution in [3.63, 3.8) is 0 Å². The lowest BCUT2D eigenvalue weighted by Crippen LogP contribution is -2.45. The molecule has 29 heavy (non-hydrogen) atoms. The maximum absolute atomic E-state index is 12.5. The van der Waals surface area contributed by atoms with Gasteiger partial charge in [0.2, 0.25) is 5.91 Å². The van der Waals surface area contributed by atoms with Gasteiger partial charge in [-0.25, -0.2) is 4.68 Å². The molecule has 0 unspecified atom stereocenters. The van der Waals surface area contributed by atoms with Gasteiger partial charge >= 0.3 is 0 Å². The van der Waals surface area contributed by atoms with Gasteiger partial charge in [0, 0.05) is 5.39 Å². The van der Waals surface area contributed by atoms with Gasteiger partial charge in [-0.05, 0) is 36.2 Å². The number of amides is 1. The molecule has 3 rings (SSSR count). The second kappa shape index (κ2) is 9.23. The summed E-state index contributed by atoms with van der Waals surface area (Å²) in [6, 6.07) is 14.2. The Hall–Kier alpha value is -3.35. The zero-order valence-electron chi connectivity index (χ0n) is 16.8. The molecular formula is C22H25N3O4. The molecule has 1 heterocycles. The van der Waals surface area contributed by atoms with Gasteiger partial charge in [-0.3, -0.25) is 9.59 Å². The van der Waals surface area contributed by atoms with Crippen molar-refractivity contribution in [3.8, 4) is 11.5 Å². The minimum atomic E-state index is -0.285. The Kier molecular flexibility index (Phi) is 6.49. The summed E-state index contributed by atoms with van der Waals surface area (Å²) in [5.41, 5.74) is -0.283. The lowest BCUT2D eigenvalue weighted by Gasteiger charge is -2.23. The van der Waals surface area contributed by atoms with Crippen LogP contribution in [0, 0.1) is 5.92 Å². The van der Waals surface area contributed by atoms with E-state index >= 15 is 0 Å². The van der Waals surface area contributed by atoms with Gasteiger partial charge in [-0.15, -0.1) is 0 Å². The molecule has 0 aliphatic carbocycles. The molecule has 0 radical (unpaired) electrons. The number of carbonyl (C=O) groups is 1. The molecule has 152 valence electrons. The number of ether oxygens (including phenoxy) is 2. The Morgan fingerprint density at radius 2 is 1.79 bits per heavy atom. The number of rotatable bonds is 8. The Balaban J connectivity index is 1.63. The number of nitrogens with one attached hydrogen (secondary N) is 1. The monoisotopic (exact) mass is 395 g/mol. The molecule has 0 aliphatic rings. The number of nitrogens with zero attached hydrogens (tertiary/aromatic N) is 2. The van der Waals surface area contributed by atoms with Gasteiger partial charge in [-0.2, -0.15) is 5.10 Å². The van der Waals surface area contributed by atoms with E-state index in [2.05, 4.69) is 10.4 Å². The Labute approximate surface area is 169 Å². The van der Waals surface area contributed by atoms with Crippen molar-refractivity contribution < 1.29 is 14.3 Å². The fourth-order valence-electron chi connectivity index (χ4n) is 2.89. The van der Waals surface area contributed by atoms with Crippen molar-refractivity contribution in [1.82, 2.24) is 15.1 Å². The van der Waals surface area contributed by atoms with Crippen LogP contribution >= 0.6 is 0 Å². The van der Waals surface area contributed by atoms with Crippen LogP contribution in [0.2, 0.25) is 0 Å². The van der Waals surface area contributed by atoms with Crippen LogP contribution in [0.1, 0.15) is 13.8 Å². The van der Waals surface area contributed by atoms with Gasteiger partial charge in [0.25, 0.3) is 5.56 Å². The minimum absolute atomic E-state index is 0.143. The van der Waals surface area contributed by atoms with Crippen LogP contribution < -0.4 is 20.3 Å². The summed E-state index contributed by atoms with van der Waals surface area (Å²) in [5, 5.41) is 8.35. The molecule has 1 aromatic heterocycles. The molecule has 7 heteroatoms. The van der Waals surface area contributed by atoms with Crippen LogP contribution in [0.3, 0.4) is 0 Å². The standard InChI is InChI=1S/C22H25N3O4/c1-15(2)20(14-29-18-10-8-17(28-3)9-11-18)24-21(26)13-25-22(27)19-7-5-4-6-16(19)12-23-25/h4-12,15,20H,13-14H2,1-3H3,(H,24,26)/t20-/m1/s1. The van der Waals surface area contributed by atoms with Gasteiger partial charge < -0.3 is 14.8 Å². The quantitative estimate of drug-likeness (QED) is 0.634. The average molecular weight is 395 g/mol. The normalized spacial score (nSPS) is 12.0. The maximum atomic E-state index is 12.5. The van der Waals surface area contributed by atoms with Crippen LogP contribution in [0.15, 0.2) is 59.5 Å². The van der Waals surface area contributed by atoms with Crippen LogP contribution in [0.25, 0.3) is 10.8 Å². The third-order valence-electron chi connectivity index (χ3n) is 4.70. The van der Waals surface area contributed by atoms with Crippen molar-refractivity contribution in [3.05, 3.63) is 65.1 Å². The molecule has 1 atom stereocenters. The summed E-state index contributed by atoms with van der Waals surface area (Å²) in [6.45, 7) is 4.18. The summed E-state index contributed by atoms with van der Waals surface area (Å²) in [6.07, 6.45) is 1.59. The number of hydrogen-bond acceptors (Lipinski definition) is 5. The highest BCUT2D eigenvalue weighted by Crippen LogP contribution is 2.17. The molecule has 0 spiro atoms. The number of aromatic nitrogens is 2. The van der Waals surface area contributed by atoms with E-state index in [0.29, 0.717) is 17.7 Å². The average Bonchev–Trinajstić information content (AvgIpc) is 2.73. The minimum Gasteiger partial charge on any atom is -0.497 e. The van der Waals surface area contributed by atoms with Crippen molar-refractivity contribution in [2.24, 2.45) is 5.92 Å². The topological polar surface area (TPSA) is 82.4 Å². The number of fused-ring (bicyclic) bond motifs is 1. The number of benzene rings is 2. The van der Waals surface area contributed by atoms with Crippen LogP contribution in [-0.2, 0) is 11.3 Å². The summed E-state index contributed by atoms with van der Waals surface area (Å²) in [7, 11) is 1.61. The number of methoxy groups -OCH3 is 1. The Morgan fingerprint density at radius 1 is 1.10 bits per heavy atom. The van der Waals surface area contributed by atoms with Crippen LogP contribution in [0.4, 0.5) is 0 Å². The highest BCUT2D eigenvalue weighted by atomic mass is 16.5. The van der Waals surface area contributed by atoms with E-state index in [1.54, 1.807) is 25.4 Å². The van der Waals surface area contributed by atoms with Crippen LogP contribution in [0.5, 0.6) is 11.5 Å². The highest BCUT2D eigenvalue weighted by Gasteiger charge is 2.18. The van der Waals surface area contributed by atoms with Gasteiger partial charge in [0.1, 0.15) is 24.7 Å². The zero-order chi connectivity index (χ0) is 20.8. The van der Waals surface area contributed by atoms with E-state index in [0.717, 1.165) is 11.1 Å².